The maximum absolute atomic E-state index is 12.9. The van der Waals surface area contributed by atoms with E-state index in [1.165, 1.54) is 0 Å². The van der Waals surface area contributed by atoms with Gasteiger partial charge in [-0.05, 0) is 18.4 Å². The fraction of sp³-hybridized carbons (Fsp3) is 0.273. The predicted octanol–water partition coefficient (Wildman–Crippen LogP) is 3.32. The highest BCUT2D eigenvalue weighted by molar-refractivity contribution is 6.16. The van der Waals surface area contributed by atoms with E-state index in [0.717, 1.165) is 35.2 Å². The zero-order valence-corrected chi connectivity index (χ0v) is 15.7. The van der Waals surface area contributed by atoms with Crippen LogP contribution in [-0.4, -0.2) is 34.5 Å². The molecule has 1 N–H and O–H groups in total. The summed E-state index contributed by atoms with van der Waals surface area (Å²) in [5.74, 6) is 0.377. The van der Waals surface area contributed by atoms with Gasteiger partial charge in [0.2, 0.25) is 5.89 Å². The zero-order chi connectivity index (χ0) is 19.6. The van der Waals surface area contributed by atoms with Gasteiger partial charge in [-0.2, -0.15) is 0 Å². The number of carbonyl (C=O) groups excluding carboxylic acids is 1. The first kappa shape index (κ1) is 17.8. The van der Waals surface area contributed by atoms with E-state index in [4.69, 9.17) is 14.1 Å². The SMILES string of the molecule is O=C1Cc2ccccc2C(c2ccccc2)=N[C@@H]1Nc1nnc([C@H]2CCCO2)o1. The molecule has 3 aromatic rings. The molecule has 3 heterocycles. The van der Waals surface area contributed by atoms with Gasteiger partial charge in [0.15, 0.2) is 11.9 Å². The zero-order valence-electron chi connectivity index (χ0n) is 15.7. The predicted molar refractivity (Wildman–Crippen MR) is 107 cm³/mol. The first-order valence-electron chi connectivity index (χ1n) is 9.74. The highest BCUT2D eigenvalue weighted by Gasteiger charge is 2.28. The third-order valence-electron chi connectivity index (χ3n) is 5.15. The third kappa shape index (κ3) is 3.56. The number of ether oxygens (including phenoxy) is 1. The number of Topliss-reactive ketones (excluding diaryl/α,β-unsaturated/α-hetero) is 1. The molecule has 2 aromatic carbocycles. The number of ketones is 1. The van der Waals surface area contributed by atoms with E-state index in [-0.39, 0.29) is 24.3 Å². The Bertz CT molecular complexity index is 1050. The summed E-state index contributed by atoms with van der Waals surface area (Å²) in [4.78, 5) is 17.7. The van der Waals surface area contributed by atoms with Crippen LogP contribution in [-0.2, 0) is 16.0 Å². The number of hydrogen-bond donors (Lipinski definition) is 1. The van der Waals surface area contributed by atoms with Gasteiger partial charge in [0.1, 0.15) is 6.10 Å². The Kier molecular flexibility index (Phi) is 4.65. The van der Waals surface area contributed by atoms with Crippen LogP contribution in [0.5, 0.6) is 0 Å². The van der Waals surface area contributed by atoms with Gasteiger partial charge in [0, 0.05) is 24.2 Å². The van der Waals surface area contributed by atoms with Gasteiger partial charge >= 0.3 is 6.01 Å². The number of nitrogens with zero attached hydrogens (tertiary/aromatic N) is 3. The number of aliphatic imine (C=N–C) groups is 1. The maximum Gasteiger partial charge on any atom is 0.317 e. The van der Waals surface area contributed by atoms with Crippen molar-refractivity contribution in [2.75, 3.05) is 11.9 Å². The lowest BCUT2D eigenvalue weighted by atomic mass is 9.96. The Hall–Kier alpha value is -3.32. The van der Waals surface area contributed by atoms with Crippen molar-refractivity contribution in [3.63, 3.8) is 0 Å². The summed E-state index contributed by atoms with van der Waals surface area (Å²) in [5.41, 5.74) is 3.63. The molecule has 7 nitrogen and oxygen atoms in total. The van der Waals surface area contributed by atoms with Crippen molar-refractivity contribution in [2.24, 2.45) is 4.99 Å². The number of aromatic nitrogens is 2. The van der Waals surface area contributed by atoms with Gasteiger partial charge in [0.25, 0.3) is 0 Å². The van der Waals surface area contributed by atoms with Crippen molar-refractivity contribution in [3.8, 4) is 0 Å². The number of fused-ring (bicyclic) bond motifs is 1. The quantitative estimate of drug-likeness (QED) is 0.737. The molecule has 1 saturated heterocycles. The third-order valence-corrected chi connectivity index (χ3v) is 5.15. The first-order chi connectivity index (χ1) is 14.3. The first-order valence-corrected chi connectivity index (χ1v) is 9.74. The van der Waals surface area contributed by atoms with Crippen LogP contribution in [0.1, 0.15) is 41.5 Å². The molecule has 2 aliphatic rings. The molecule has 1 aromatic heterocycles. The molecule has 0 saturated carbocycles. The molecule has 0 radical (unpaired) electrons. The summed E-state index contributed by atoms with van der Waals surface area (Å²) < 4.78 is 11.3. The summed E-state index contributed by atoms with van der Waals surface area (Å²) in [6, 6.07) is 17.9. The van der Waals surface area contributed by atoms with Crippen molar-refractivity contribution in [1.82, 2.24) is 10.2 Å². The van der Waals surface area contributed by atoms with Crippen molar-refractivity contribution in [2.45, 2.75) is 31.5 Å². The Balaban J connectivity index is 1.49. The lowest BCUT2D eigenvalue weighted by Gasteiger charge is -2.12. The average Bonchev–Trinajstić information content (AvgIpc) is 3.42. The number of benzene rings is 2. The van der Waals surface area contributed by atoms with Gasteiger partial charge in [-0.25, -0.2) is 0 Å². The van der Waals surface area contributed by atoms with E-state index in [2.05, 4.69) is 15.5 Å². The van der Waals surface area contributed by atoms with E-state index < -0.39 is 6.17 Å². The molecule has 0 unspecified atom stereocenters. The highest BCUT2D eigenvalue weighted by atomic mass is 16.5. The highest BCUT2D eigenvalue weighted by Crippen LogP contribution is 2.29. The standard InChI is InChI=1S/C22H20N4O3/c27-17-13-15-9-4-5-10-16(15)19(14-7-2-1-3-8-14)23-20(17)24-22-26-25-21(29-22)18-11-6-12-28-18/h1-5,7-10,18,20H,6,11-13H2,(H,24,26)/t18-,20-/m1/s1. The molecule has 0 bridgehead atoms. The summed E-state index contributed by atoms with van der Waals surface area (Å²) in [6.07, 6.45) is 1.13. The van der Waals surface area contributed by atoms with E-state index in [9.17, 15) is 4.79 Å². The van der Waals surface area contributed by atoms with Crippen LogP contribution >= 0.6 is 0 Å². The van der Waals surface area contributed by atoms with Gasteiger partial charge in [0.05, 0.1) is 5.71 Å². The van der Waals surface area contributed by atoms with E-state index in [1.807, 2.05) is 54.6 Å². The molecule has 29 heavy (non-hydrogen) atoms. The Morgan fingerprint density at radius 2 is 1.83 bits per heavy atom. The molecule has 2 aliphatic heterocycles. The summed E-state index contributed by atoms with van der Waals surface area (Å²) in [5, 5.41) is 11.1. The fourth-order valence-electron chi connectivity index (χ4n) is 3.71. The van der Waals surface area contributed by atoms with Crippen molar-refractivity contribution in [1.29, 1.82) is 0 Å². The lowest BCUT2D eigenvalue weighted by Crippen LogP contribution is -2.29. The van der Waals surface area contributed by atoms with Crippen LogP contribution in [0.4, 0.5) is 6.01 Å². The van der Waals surface area contributed by atoms with Crippen LogP contribution in [0.3, 0.4) is 0 Å². The van der Waals surface area contributed by atoms with Crippen LogP contribution < -0.4 is 5.32 Å². The topological polar surface area (TPSA) is 89.6 Å². The van der Waals surface area contributed by atoms with Crippen molar-refractivity contribution in [3.05, 3.63) is 77.2 Å². The normalized spacial score (nSPS) is 21.4. The van der Waals surface area contributed by atoms with Gasteiger partial charge in [-0.1, -0.05) is 59.7 Å². The number of hydrogen-bond acceptors (Lipinski definition) is 7. The number of rotatable bonds is 4. The van der Waals surface area contributed by atoms with Crippen LogP contribution in [0.15, 0.2) is 64.0 Å². The van der Waals surface area contributed by atoms with Crippen LogP contribution in [0, 0.1) is 0 Å². The van der Waals surface area contributed by atoms with Gasteiger partial charge < -0.3 is 14.5 Å². The second kappa shape index (κ2) is 7.60. The largest absolute Gasteiger partial charge is 0.405 e. The molecule has 0 spiro atoms. The molecule has 7 heteroatoms. The molecule has 5 rings (SSSR count). The summed E-state index contributed by atoms with van der Waals surface area (Å²) in [6.45, 7) is 0.694. The minimum absolute atomic E-state index is 0.0553. The molecule has 2 atom stereocenters. The molecule has 0 amide bonds. The summed E-state index contributed by atoms with van der Waals surface area (Å²) in [7, 11) is 0. The Labute approximate surface area is 167 Å². The molecule has 1 fully saturated rings. The smallest absolute Gasteiger partial charge is 0.317 e. The minimum atomic E-state index is -0.810. The second-order valence-corrected chi connectivity index (χ2v) is 7.14. The van der Waals surface area contributed by atoms with Crippen LogP contribution in [0.25, 0.3) is 0 Å². The van der Waals surface area contributed by atoms with E-state index in [0.29, 0.717) is 12.5 Å². The monoisotopic (exact) mass is 388 g/mol. The minimum Gasteiger partial charge on any atom is -0.405 e. The summed E-state index contributed by atoms with van der Waals surface area (Å²) >= 11 is 0. The fourth-order valence-corrected chi connectivity index (χ4v) is 3.71. The van der Waals surface area contributed by atoms with E-state index in [1.54, 1.807) is 0 Å². The molecule has 0 aliphatic carbocycles. The number of carbonyl (C=O) groups is 1. The number of anilines is 1. The average molecular weight is 388 g/mol. The lowest BCUT2D eigenvalue weighted by molar-refractivity contribution is -0.119. The van der Waals surface area contributed by atoms with Crippen molar-refractivity contribution >= 4 is 17.5 Å². The second-order valence-electron chi connectivity index (χ2n) is 7.14. The number of nitrogens with one attached hydrogen (secondary N) is 1. The Morgan fingerprint density at radius 1 is 1.00 bits per heavy atom. The maximum atomic E-state index is 12.9. The van der Waals surface area contributed by atoms with Crippen LogP contribution in [0.2, 0.25) is 0 Å². The Morgan fingerprint density at radius 3 is 2.66 bits per heavy atom. The molecular formula is C22H20N4O3. The molecular weight excluding hydrogens is 368 g/mol. The van der Waals surface area contributed by atoms with Gasteiger partial charge in [-0.3, -0.25) is 9.79 Å². The van der Waals surface area contributed by atoms with Crippen molar-refractivity contribution < 1.29 is 13.9 Å². The molecule has 146 valence electrons. The van der Waals surface area contributed by atoms with E-state index >= 15 is 0 Å². The van der Waals surface area contributed by atoms with Gasteiger partial charge in [-0.15, -0.1) is 5.10 Å².